The van der Waals surface area contributed by atoms with Crippen molar-refractivity contribution >= 4 is 17.5 Å². The lowest BCUT2D eigenvalue weighted by Crippen LogP contribution is -2.46. The fourth-order valence-electron chi connectivity index (χ4n) is 4.37. The van der Waals surface area contributed by atoms with E-state index in [0.717, 1.165) is 51.1 Å². The average molecular weight is 352 g/mol. The highest BCUT2D eigenvalue weighted by Gasteiger charge is 2.52. The molecule has 1 aromatic rings. The van der Waals surface area contributed by atoms with E-state index < -0.39 is 5.54 Å². The summed E-state index contributed by atoms with van der Waals surface area (Å²) in [6.07, 6.45) is 4.69. The van der Waals surface area contributed by atoms with Gasteiger partial charge in [-0.2, -0.15) is 0 Å². The lowest BCUT2D eigenvalue weighted by Gasteiger charge is -2.39. The second-order valence-electron chi connectivity index (χ2n) is 7.68. The van der Waals surface area contributed by atoms with Crippen molar-refractivity contribution in [3.8, 4) is 0 Å². The third-order valence-corrected chi connectivity index (χ3v) is 5.94. The summed E-state index contributed by atoms with van der Waals surface area (Å²) in [4.78, 5) is 20.6. The van der Waals surface area contributed by atoms with Crippen LogP contribution in [0.15, 0.2) is 18.3 Å². The largest absolute Gasteiger partial charge is 0.394 e. The van der Waals surface area contributed by atoms with Crippen LogP contribution in [0.1, 0.15) is 38.8 Å². The fourth-order valence-corrected chi connectivity index (χ4v) is 4.48. The Kier molecular flexibility index (Phi) is 4.87. The average Bonchev–Trinajstić information content (AvgIpc) is 2.86. The molecule has 0 bridgehead atoms. The summed E-state index contributed by atoms with van der Waals surface area (Å²) >= 11 is 5.89. The number of carbonyl (C=O) groups is 1. The van der Waals surface area contributed by atoms with Crippen LogP contribution in [0.5, 0.6) is 0 Å². The van der Waals surface area contributed by atoms with Gasteiger partial charge in [-0.3, -0.25) is 14.7 Å². The molecular formula is C18H26ClN3O2. The summed E-state index contributed by atoms with van der Waals surface area (Å²) in [6.45, 7) is 7.25. The van der Waals surface area contributed by atoms with Gasteiger partial charge in [0.15, 0.2) is 0 Å². The summed E-state index contributed by atoms with van der Waals surface area (Å²) in [5.41, 5.74) is 0.769. The molecule has 0 aromatic carbocycles. The smallest absolute Gasteiger partial charge is 0.219 e. The molecular weight excluding hydrogens is 326 g/mol. The number of hydrogen-bond acceptors (Lipinski definition) is 4. The number of aliphatic hydroxyl groups excluding tert-OH is 1. The number of aromatic nitrogens is 1. The molecule has 0 aliphatic carbocycles. The molecule has 2 saturated heterocycles. The molecule has 1 aromatic heterocycles. The number of nitrogens with zero attached hydrogens (tertiary/aromatic N) is 3. The Balaban J connectivity index is 1.62. The quantitative estimate of drug-likeness (QED) is 0.908. The van der Waals surface area contributed by atoms with Crippen LogP contribution in [0, 0.1) is 5.41 Å². The van der Waals surface area contributed by atoms with E-state index in [1.54, 1.807) is 13.1 Å². The van der Waals surface area contributed by atoms with Crippen LogP contribution in [0.25, 0.3) is 0 Å². The highest BCUT2D eigenvalue weighted by molar-refractivity contribution is 6.30. The number of likely N-dealkylation sites (tertiary alicyclic amines) is 2. The first-order chi connectivity index (χ1) is 11.4. The van der Waals surface area contributed by atoms with Gasteiger partial charge in [0, 0.05) is 26.2 Å². The van der Waals surface area contributed by atoms with E-state index in [1.165, 1.54) is 0 Å². The minimum absolute atomic E-state index is 0.0345. The van der Waals surface area contributed by atoms with Gasteiger partial charge in [-0.15, -0.1) is 0 Å². The van der Waals surface area contributed by atoms with Crippen molar-refractivity contribution in [1.82, 2.24) is 14.8 Å². The molecule has 6 heteroatoms. The second kappa shape index (κ2) is 6.62. The number of rotatable bonds is 3. The zero-order valence-electron chi connectivity index (χ0n) is 14.5. The van der Waals surface area contributed by atoms with Crippen molar-refractivity contribution in [2.24, 2.45) is 5.41 Å². The Morgan fingerprint density at radius 3 is 2.58 bits per heavy atom. The van der Waals surface area contributed by atoms with Crippen LogP contribution >= 0.6 is 11.6 Å². The standard InChI is InChI=1S/C18H26ClN3O2/c1-14(24)22-12-18(11-17(22,2)13-23)5-7-21(8-6-18)10-16-4-3-15(19)9-20-16/h3-4,9,23H,5-8,10-13H2,1-2H3/t17-/m1/s1. The minimum Gasteiger partial charge on any atom is -0.394 e. The van der Waals surface area contributed by atoms with E-state index in [2.05, 4.69) is 9.88 Å². The van der Waals surface area contributed by atoms with Crippen molar-refractivity contribution in [3.05, 3.63) is 29.0 Å². The molecule has 3 heterocycles. The third kappa shape index (κ3) is 3.44. The maximum absolute atomic E-state index is 12.0. The van der Waals surface area contributed by atoms with E-state index in [0.29, 0.717) is 5.02 Å². The van der Waals surface area contributed by atoms with Gasteiger partial charge in [0.05, 0.1) is 22.9 Å². The molecule has 2 aliphatic heterocycles. The number of piperidine rings is 1. The Morgan fingerprint density at radius 1 is 1.38 bits per heavy atom. The van der Waals surface area contributed by atoms with Gasteiger partial charge in [0.25, 0.3) is 0 Å². The number of hydrogen-bond donors (Lipinski definition) is 1. The lowest BCUT2D eigenvalue weighted by atomic mass is 9.74. The Bertz CT molecular complexity index is 599. The predicted octanol–water partition coefficient (Wildman–Crippen LogP) is 2.32. The highest BCUT2D eigenvalue weighted by atomic mass is 35.5. The monoisotopic (exact) mass is 351 g/mol. The summed E-state index contributed by atoms with van der Waals surface area (Å²) in [6, 6.07) is 3.85. The van der Waals surface area contributed by atoms with Gasteiger partial charge in [-0.1, -0.05) is 11.6 Å². The van der Waals surface area contributed by atoms with E-state index in [-0.39, 0.29) is 17.9 Å². The first-order valence-electron chi connectivity index (χ1n) is 8.58. The summed E-state index contributed by atoms with van der Waals surface area (Å²) in [5.74, 6) is 0.0659. The molecule has 0 unspecified atom stereocenters. The topological polar surface area (TPSA) is 56.7 Å². The summed E-state index contributed by atoms with van der Waals surface area (Å²) in [7, 11) is 0. The molecule has 1 atom stereocenters. The molecule has 1 N–H and O–H groups in total. The van der Waals surface area contributed by atoms with Gasteiger partial charge in [-0.25, -0.2) is 0 Å². The van der Waals surface area contributed by atoms with E-state index in [1.807, 2.05) is 24.0 Å². The van der Waals surface area contributed by atoms with Gasteiger partial charge >= 0.3 is 0 Å². The zero-order chi connectivity index (χ0) is 17.4. The normalized spacial score (nSPS) is 26.9. The minimum atomic E-state index is -0.411. The van der Waals surface area contributed by atoms with E-state index in [9.17, 15) is 9.90 Å². The number of halogens is 1. The van der Waals surface area contributed by atoms with Crippen LogP contribution in [0.4, 0.5) is 0 Å². The van der Waals surface area contributed by atoms with Crippen molar-refractivity contribution < 1.29 is 9.90 Å². The van der Waals surface area contributed by atoms with Crippen LogP contribution in [0.3, 0.4) is 0 Å². The molecule has 1 amide bonds. The van der Waals surface area contributed by atoms with Crippen LogP contribution in [-0.4, -0.2) is 57.6 Å². The molecule has 132 valence electrons. The summed E-state index contributed by atoms with van der Waals surface area (Å²) < 4.78 is 0. The van der Waals surface area contributed by atoms with Crippen molar-refractivity contribution in [1.29, 1.82) is 0 Å². The molecule has 2 aliphatic rings. The van der Waals surface area contributed by atoms with Gasteiger partial charge in [0.2, 0.25) is 5.91 Å². The molecule has 0 saturated carbocycles. The lowest BCUT2D eigenvalue weighted by molar-refractivity contribution is -0.134. The molecule has 24 heavy (non-hydrogen) atoms. The molecule has 2 fully saturated rings. The van der Waals surface area contributed by atoms with Gasteiger partial charge in [0.1, 0.15) is 0 Å². The van der Waals surface area contributed by atoms with Gasteiger partial charge in [-0.05, 0) is 56.8 Å². The number of amides is 1. The number of pyridine rings is 1. The highest BCUT2D eigenvalue weighted by Crippen LogP contribution is 2.48. The van der Waals surface area contributed by atoms with Crippen LogP contribution in [0.2, 0.25) is 5.02 Å². The maximum atomic E-state index is 12.0. The van der Waals surface area contributed by atoms with Crippen molar-refractivity contribution in [2.45, 2.75) is 45.2 Å². The molecule has 3 rings (SSSR count). The first-order valence-corrected chi connectivity index (χ1v) is 8.96. The molecule has 1 spiro atoms. The zero-order valence-corrected chi connectivity index (χ0v) is 15.2. The third-order valence-electron chi connectivity index (χ3n) is 5.71. The Hall–Kier alpha value is -1.17. The molecule has 5 nitrogen and oxygen atoms in total. The Labute approximate surface area is 148 Å². The fraction of sp³-hybridized carbons (Fsp3) is 0.667. The van der Waals surface area contributed by atoms with Gasteiger partial charge < -0.3 is 10.0 Å². The number of carbonyl (C=O) groups excluding carboxylic acids is 1. The summed E-state index contributed by atoms with van der Waals surface area (Å²) in [5, 5.41) is 10.5. The van der Waals surface area contributed by atoms with Crippen LogP contribution < -0.4 is 0 Å². The Morgan fingerprint density at radius 2 is 2.08 bits per heavy atom. The maximum Gasteiger partial charge on any atom is 0.219 e. The first kappa shape index (κ1) is 17.6. The van der Waals surface area contributed by atoms with E-state index >= 15 is 0 Å². The van der Waals surface area contributed by atoms with Crippen molar-refractivity contribution in [2.75, 3.05) is 26.2 Å². The van der Waals surface area contributed by atoms with Crippen LogP contribution in [-0.2, 0) is 11.3 Å². The van der Waals surface area contributed by atoms with E-state index in [4.69, 9.17) is 11.6 Å². The number of aliphatic hydroxyl groups is 1. The second-order valence-corrected chi connectivity index (χ2v) is 8.12. The molecule has 0 radical (unpaired) electrons. The SMILES string of the molecule is CC(=O)N1CC2(CCN(Cc3ccc(Cl)cn3)CC2)C[C@]1(C)CO. The van der Waals surface area contributed by atoms with Crippen molar-refractivity contribution in [3.63, 3.8) is 0 Å². The predicted molar refractivity (Wildman–Crippen MR) is 93.7 cm³/mol.